The van der Waals surface area contributed by atoms with Crippen molar-refractivity contribution in [2.75, 3.05) is 18.0 Å². The third-order valence-electron chi connectivity index (χ3n) is 4.26. The molecule has 0 bridgehead atoms. The molecule has 1 fully saturated rings. The van der Waals surface area contributed by atoms with Crippen LogP contribution in [0, 0.1) is 11.8 Å². The Bertz CT molecular complexity index is 487. The van der Waals surface area contributed by atoms with Gasteiger partial charge in [0.05, 0.1) is 5.56 Å². The topological polar surface area (TPSA) is 40.5 Å². The SMILES string of the molecule is CC(C)C1CCCN(c2ccc(C(=O)O)c(Br)c2)CC1. The summed E-state index contributed by atoms with van der Waals surface area (Å²) in [7, 11) is 0. The molecule has 3 nitrogen and oxygen atoms in total. The van der Waals surface area contributed by atoms with Crippen LogP contribution in [0.1, 0.15) is 43.5 Å². The maximum Gasteiger partial charge on any atom is 0.336 e. The summed E-state index contributed by atoms with van der Waals surface area (Å²) in [4.78, 5) is 13.4. The molecule has 0 aromatic heterocycles. The number of carbonyl (C=O) groups is 1. The molecule has 110 valence electrons. The summed E-state index contributed by atoms with van der Waals surface area (Å²) in [6, 6.07) is 5.54. The molecule has 1 N–H and O–H groups in total. The van der Waals surface area contributed by atoms with E-state index in [1.165, 1.54) is 19.3 Å². The molecule has 0 amide bonds. The molecular formula is C16H22BrNO2. The largest absolute Gasteiger partial charge is 0.478 e. The van der Waals surface area contributed by atoms with Crippen LogP contribution >= 0.6 is 15.9 Å². The quantitative estimate of drug-likeness (QED) is 0.886. The Kier molecular flexibility index (Phi) is 5.08. The lowest BCUT2D eigenvalue weighted by molar-refractivity contribution is 0.0696. The smallest absolute Gasteiger partial charge is 0.336 e. The first kappa shape index (κ1) is 15.4. The summed E-state index contributed by atoms with van der Waals surface area (Å²) in [5.41, 5.74) is 1.44. The molecule has 1 atom stereocenters. The summed E-state index contributed by atoms with van der Waals surface area (Å²) in [6.45, 7) is 6.72. The van der Waals surface area contributed by atoms with Gasteiger partial charge in [0.15, 0.2) is 0 Å². The number of anilines is 1. The highest BCUT2D eigenvalue weighted by Crippen LogP contribution is 2.29. The van der Waals surface area contributed by atoms with E-state index in [9.17, 15) is 4.79 Å². The van der Waals surface area contributed by atoms with Gasteiger partial charge in [0.25, 0.3) is 0 Å². The minimum atomic E-state index is -0.890. The number of carboxylic acids is 1. The second kappa shape index (κ2) is 6.61. The zero-order valence-corrected chi connectivity index (χ0v) is 13.7. The fraction of sp³-hybridized carbons (Fsp3) is 0.562. The molecule has 1 heterocycles. The van der Waals surface area contributed by atoms with E-state index < -0.39 is 5.97 Å². The molecule has 1 aliphatic rings. The molecular weight excluding hydrogens is 318 g/mol. The molecule has 1 unspecified atom stereocenters. The molecule has 0 aliphatic carbocycles. The van der Waals surface area contributed by atoms with Gasteiger partial charge >= 0.3 is 5.97 Å². The number of aromatic carboxylic acids is 1. The molecule has 1 aromatic carbocycles. The Hall–Kier alpha value is -1.03. The lowest BCUT2D eigenvalue weighted by atomic mass is 9.89. The van der Waals surface area contributed by atoms with Gasteiger partial charge in [-0.25, -0.2) is 4.79 Å². The van der Waals surface area contributed by atoms with E-state index in [1.54, 1.807) is 6.07 Å². The van der Waals surface area contributed by atoms with Gasteiger partial charge in [-0.2, -0.15) is 0 Å². The van der Waals surface area contributed by atoms with E-state index in [2.05, 4.69) is 34.7 Å². The molecule has 1 aromatic rings. The van der Waals surface area contributed by atoms with E-state index in [0.29, 0.717) is 10.0 Å². The summed E-state index contributed by atoms with van der Waals surface area (Å²) < 4.78 is 0.659. The Morgan fingerprint density at radius 2 is 2.10 bits per heavy atom. The van der Waals surface area contributed by atoms with Crippen LogP contribution in [0.5, 0.6) is 0 Å². The van der Waals surface area contributed by atoms with Crippen molar-refractivity contribution in [1.82, 2.24) is 0 Å². The number of halogens is 1. The molecule has 0 spiro atoms. The molecule has 20 heavy (non-hydrogen) atoms. The summed E-state index contributed by atoms with van der Waals surface area (Å²) in [5.74, 6) is 0.664. The lowest BCUT2D eigenvalue weighted by Crippen LogP contribution is -2.24. The lowest BCUT2D eigenvalue weighted by Gasteiger charge is -2.24. The van der Waals surface area contributed by atoms with Gasteiger partial charge in [-0.15, -0.1) is 0 Å². The highest BCUT2D eigenvalue weighted by atomic mass is 79.9. The van der Waals surface area contributed by atoms with Crippen LogP contribution in [0.3, 0.4) is 0 Å². The van der Waals surface area contributed by atoms with Gasteiger partial charge in [0.2, 0.25) is 0 Å². The zero-order valence-electron chi connectivity index (χ0n) is 12.1. The van der Waals surface area contributed by atoms with Crippen molar-refractivity contribution in [3.8, 4) is 0 Å². The van der Waals surface area contributed by atoms with Crippen LogP contribution in [0.4, 0.5) is 5.69 Å². The zero-order chi connectivity index (χ0) is 14.7. The number of hydrogen-bond donors (Lipinski definition) is 1. The Labute approximate surface area is 129 Å². The van der Waals surface area contributed by atoms with E-state index in [-0.39, 0.29) is 0 Å². The molecule has 4 heteroatoms. The standard InChI is InChI=1S/C16H22BrNO2/c1-11(2)12-4-3-8-18(9-7-12)13-5-6-14(16(19)20)15(17)10-13/h5-6,10-12H,3-4,7-9H2,1-2H3,(H,19,20). The first-order chi connectivity index (χ1) is 9.49. The number of hydrogen-bond acceptors (Lipinski definition) is 2. The summed E-state index contributed by atoms with van der Waals surface area (Å²) in [5, 5.41) is 9.06. The predicted octanol–water partition coefficient (Wildman–Crippen LogP) is 4.41. The monoisotopic (exact) mass is 339 g/mol. The van der Waals surface area contributed by atoms with E-state index in [0.717, 1.165) is 30.6 Å². The maximum atomic E-state index is 11.0. The highest BCUT2D eigenvalue weighted by molar-refractivity contribution is 9.10. The Morgan fingerprint density at radius 3 is 2.70 bits per heavy atom. The average molecular weight is 340 g/mol. The fourth-order valence-corrected chi connectivity index (χ4v) is 3.46. The first-order valence-corrected chi connectivity index (χ1v) is 8.06. The van der Waals surface area contributed by atoms with Crippen molar-refractivity contribution >= 4 is 27.6 Å². The molecule has 0 radical (unpaired) electrons. The van der Waals surface area contributed by atoms with E-state index in [4.69, 9.17) is 5.11 Å². The van der Waals surface area contributed by atoms with Crippen LogP contribution < -0.4 is 4.90 Å². The van der Waals surface area contributed by atoms with Gasteiger partial charge in [0.1, 0.15) is 0 Å². The van der Waals surface area contributed by atoms with Crippen LogP contribution in [0.15, 0.2) is 22.7 Å². The first-order valence-electron chi connectivity index (χ1n) is 7.27. The van der Waals surface area contributed by atoms with Crippen molar-refractivity contribution in [2.45, 2.75) is 33.1 Å². The van der Waals surface area contributed by atoms with Gasteiger partial charge < -0.3 is 10.0 Å². The van der Waals surface area contributed by atoms with Crippen LogP contribution in [-0.4, -0.2) is 24.2 Å². The van der Waals surface area contributed by atoms with E-state index in [1.807, 2.05) is 12.1 Å². The minimum absolute atomic E-state index is 0.323. The normalized spacial score (nSPS) is 20.0. The molecule has 1 saturated heterocycles. The summed E-state index contributed by atoms with van der Waals surface area (Å²) >= 11 is 3.36. The van der Waals surface area contributed by atoms with Gasteiger partial charge in [-0.1, -0.05) is 13.8 Å². The number of rotatable bonds is 3. The van der Waals surface area contributed by atoms with Crippen molar-refractivity contribution in [3.63, 3.8) is 0 Å². The third kappa shape index (κ3) is 3.54. The van der Waals surface area contributed by atoms with E-state index >= 15 is 0 Å². The Morgan fingerprint density at radius 1 is 1.35 bits per heavy atom. The van der Waals surface area contributed by atoms with Gasteiger partial charge in [-0.3, -0.25) is 0 Å². The van der Waals surface area contributed by atoms with Crippen LogP contribution in [0.25, 0.3) is 0 Å². The number of carboxylic acid groups (broad SMARTS) is 1. The predicted molar refractivity (Wildman–Crippen MR) is 85.5 cm³/mol. The van der Waals surface area contributed by atoms with Crippen molar-refractivity contribution in [3.05, 3.63) is 28.2 Å². The Balaban J connectivity index is 2.12. The second-order valence-corrected chi connectivity index (χ2v) is 6.75. The molecule has 0 saturated carbocycles. The molecule has 1 aliphatic heterocycles. The highest BCUT2D eigenvalue weighted by Gasteiger charge is 2.20. The maximum absolute atomic E-state index is 11.0. The van der Waals surface area contributed by atoms with Crippen LogP contribution in [-0.2, 0) is 0 Å². The minimum Gasteiger partial charge on any atom is -0.478 e. The third-order valence-corrected chi connectivity index (χ3v) is 4.92. The summed E-state index contributed by atoms with van der Waals surface area (Å²) in [6.07, 6.45) is 3.72. The second-order valence-electron chi connectivity index (χ2n) is 5.89. The van der Waals surface area contributed by atoms with Gasteiger partial charge in [-0.05, 0) is 65.2 Å². The fourth-order valence-electron chi connectivity index (χ4n) is 2.92. The van der Waals surface area contributed by atoms with Gasteiger partial charge in [0, 0.05) is 23.2 Å². The average Bonchev–Trinajstić information content (AvgIpc) is 2.63. The number of nitrogens with zero attached hydrogens (tertiary/aromatic N) is 1. The van der Waals surface area contributed by atoms with Crippen molar-refractivity contribution < 1.29 is 9.90 Å². The number of benzene rings is 1. The van der Waals surface area contributed by atoms with Crippen molar-refractivity contribution in [2.24, 2.45) is 11.8 Å². The molecule has 2 rings (SSSR count). The van der Waals surface area contributed by atoms with Crippen LogP contribution in [0.2, 0.25) is 0 Å². The van der Waals surface area contributed by atoms with Crippen molar-refractivity contribution in [1.29, 1.82) is 0 Å².